The van der Waals surface area contributed by atoms with Crippen LogP contribution >= 0.6 is 0 Å². The molecule has 2 aromatic heterocycles. The minimum Gasteiger partial charge on any atom is -0.481 e. The number of aromatic nitrogens is 4. The molecule has 136 valence electrons. The van der Waals surface area contributed by atoms with E-state index in [0.717, 1.165) is 25.2 Å². The van der Waals surface area contributed by atoms with E-state index in [0.29, 0.717) is 17.5 Å². The van der Waals surface area contributed by atoms with E-state index in [1.54, 1.807) is 6.20 Å². The number of rotatable bonds is 8. The van der Waals surface area contributed by atoms with E-state index >= 15 is 0 Å². The van der Waals surface area contributed by atoms with E-state index in [-0.39, 0.29) is 12.3 Å². The van der Waals surface area contributed by atoms with Crippen LogP contribution in [0.5, 0.6) is 0 Å². The summed E-state index contributed by atoms with van der Waals surface area (Å²) in [5.41, 5.74) is 0. The molecule has 1 aliphatic rings. The Labute approximate surface area is 147 Å². The second kappa shape index (κ2) is 8.27. The van der Waals surface area contributed by atoms with E-state index in [1.165, 1.54) is 32.1 Å². The van der Waals surface area contributed by atoms with E-state index < -0.39 is 5.97 Å². The van der Waals surface area contributed by atoms with Gasteiger partial charge >= 0.3 is 5.97 Å². The zero-order chi connectivity index (χ0) is 17.6. The first-order chi connectivity index (χ1) is 12.1. The highest BCUT2D eigenvalue weighted by atomic mass is 16.5. The predicted octanol–water partition coefficient (Wildman–Crippen LogP) is 3.78. The van der Waals surface area contributed by atoms with Crippen LogP contribution in [0.15, 0.2) is 16.9 Å². The van der Waals surface area contributed by atoms with Crippen molar-refractivity contribution in [3.05, 3.63) is 18.3 Å². The lowest BCUT2D eigenvalue weighted by Crippen LogP contribution is -2.10. The maximum atomic E-state index is 11.2. The number of carbonyl (C=O) groups is 1. The van der Waals surface area contributed by atoms with Crippen LogP contribution in [0.4, 0.5) is 0 Å². The van der Waals surface area contributed by atoms with Gasteiger partial charge in [-0.2, -0.15) is 4.98 Å². The summed E-state index contributed by atoms with van der Waals surface area (Å²) >= 11 is 0. The number of nitrogens with zero attached hydrogens (tertiary/aromatic N) is 4. The van der Waals surface area contributed by atoms with Gasteiger partial charge in [0.1, 0.15) is 0 Å². The Balaban J connectivity index is 1.63. The Bertz CT molecular complexity index is 688. The highest BCUT2D eigenvalue weighted by Gasteiger charge is 2.24. The molecule has 0 unspecified atom stereocenters. The third kappa shape index (κ3) is 4.67. The van der Waals surface area contributed by atoms with Gasteiger partial charge in [0.05, 0.1) is 6.42 Å². The molecule has 1 fully saturated rings. The van der Waals surface area contributed by atoms with Crippen LogP contribution in [-0.2, 0) is 11.8 Å². The summed E-state index contributed by atoms with van der Waals surface area (Å²) in [6.07, 6.45) is 13.1. The molecule has 25 heavy (non-hydrogen) atoms. The number of aliphatic carboxylic acids is 1. The van der Waals surface area contributed by atoms with Crippen LogP contribution in [-0.4, -0.2) is 30.8 Å². The van der Waals surface area contributed by atoms with Crippen molar-refractivity contribution in [2.75, 3.05) is 0 Å². The molecule has 1 atom stereocenters. The van der Waals surface area contributed by atoms with E-state index in [9.17, 15) is 9.90 Å². The molecule has 3 rings (SSSR count). The fraction of sp³-hybridized carbons (Fsp3) is 0.667. The highest BCUT2D eigenvalue weighted by molar-refractivity contribution is 5.67. The Hall–Kier alpha value is -2.18. The van der Waals surface area contributed by atoms with Crippen LogP contribution in [0.1, 0.15) is 69.6 Å². The molecule has 1 aliphatic carbocycles. The number of carboxylic acid groups (broad SMARTS) is 1. The number of imidazole rings is 1. The SMILES string of the molecule is Cn1ccnc1-c1noc([C@H](CCCC2CCCCC2)CC(=O)O)n1. The standard InChI is InChI=1S/C18H26N4O3/c1-22-11-10-19-17(22)16-20-18(25-21-16)14(12-15(23)24)9-5-8-13-6-3-2-4-7-13/h10-11,13-14H,2-9,12H2,1H3,(H,23,24)/t14-/m1/s1. The molecule has 0 amide bonds. The summed E-state index contributed by atoms with van der Waals surface area (Å²) in [6, 6.07) is 0. The Kier molecular flexibility index (Phi) is 5.83. The molecule has 7 heteroatoms. The molecule has 2 aromatic rings. The molecule has 7 nitrogen and oxygen atoms in total. The second-order valence-electron chi connectivity index (χ2n) is 7.05. The van der Waals surface area contributed by atoms with Crippen LogP contribution in [0.2, 0.25) is 0 Å². The summed E-state index contributed by atoms with van der Waals surface area (Å²) in [7, 11) is 1.86. The van der Waals surface area contributed by atoms with Gasteiger partial charge < -0.3 is 14.2 Å². The monoisotopic (exact) mass is 346 g/mol. The molecule has 0 saturated heterocycles. The van der Waals surface area contributed by atoms with E-state index in [4.69, 9.17) is 4.52 Å². The number of carboxylic acids is 1. The zero-order valence-electron chi connectivity index (χ0n) is 14.7. The summed E-state index contributed by atoms with van der Waals surface area (Å²) < 4.78 is 7.18. The third-order valence-electron chi connectivity index (χ3n) is 5.12. The molecule has 1 saturated carbocycles. The van der Waals surface area contributed by atoms with Crippen molar-refractivity contribution in [2.45, 2.75) is 63.7 Å². The van der Waals surface area contributed by atoms with E-state index in [1.807, 2.05) is 17.8 Å². The Morgan fingerprint density at radius 1 is 1.40 bits per heavy atom. The topological polar surface area (TPSA) is 94.0 Å². The van der Waals surface area contributed by atoms with Gasteiger partial charge in [0.15, 0.2) is 5.82 Å². The number of hydrogen-bond donors (Lipinski definition) is 1. The zero-order valence-corrected chi connectivity index (χ0v) is 14.7. The average molecular weight is 346 g/mol. The fourth-order valence-corrected chi connectivity index (χ4v) is 3.73. The molecular formula is C18H26N4O3. The van der Waals surface area contributed by atoms with Crippen LogP contribution in [0.25, 0.3) is 11.6 Å². The molecule has 0 aromatic carbocycles. The number of hydrogen-bond acceptors (Lipinski definition) is 5. The highest BCUT2D eigenvalue weighted by Crippen LogP contribution is 2.31. The first-order valence-corrected chi connectivity index (χ1v) is 9.16. The van der Waals surface area contributed by atoms with Gasteiger partial charge in [-0.15, -0.1) is 0 Å². The van der Waals surface area contributed by atoms with E-state index in [2.05, 4.69) is 15.1 Å². The van der Waals surface area contributed by atoms with Crippen molar-refractivity contribution in [1.82, 2.24) is 19.7 Å². The largest absolute Gasteiger partial charge is 0.481 e. The maximum absolute atomic E-state index is 11.2. The van der Waals surface area contributed by atoms with Crippen molar-refractivity contribution in [3.8, 4) is 11.6 Å². The predicted molar refractivity (Wildman–Crippen MR) is 91.9 cm³/mol. The average Bonchev–Trinajstić information content (AvgIpc) is 3.23. The smallest absolute Gasteiger partial charge is 0.304 e. The van der Waals surface area contributed by atoms with Gasteiger partial charge in [0.25, 0.3) is 0 Å². The molecule has 0 spiro atoms. The van der Waals surface area contributed by atoms with Crippen molar-refractivity contribution in [2.24, 2.45) is 13.0 Å². The van der Waals surface area contributed by atoms with Crippen molar-refractivity contribution >= 4 is 5.97 Å². The van der Waals surface area contributed by atoms with Crippen molar-refractivity contribution < 1.29 is 14.4 Å². The first kappa shape index (κ1) is 17.6. The van der Waals surface area contributed by atoms with Crippen molar-refractivity contribution in [3.63, 3.8) is 0 Å². The lowest BCUT2D eigenvalue weighted by atomic mass is 9.84. The molecule has 0 bridgehead atoms. The van der Waals surface area contributed by atoms with Crippen molar-refractivity contribution in [1.29, 1.82) is 0 Å². The Morgan fingerprint density at radius 2 is 2.20 bits per heavy atom. The quantitative estimate of drug-likeness (QED) is 0.782. The first-order valence-electron chi connectivity index (χ1n) is 9.16. The van der Waals surface area contributed by atoms with Gasteiger partial charge in [0, 0.05) is 25.4 Å². The number of aryl methyl sites for hydroxylation is 1. The van der Waals surface area contributed by atoms with Crippen LogP contribution in [0.3, 0.4) is 0 Å². The minimum atomic E-state index is -0.834. The van der Waals surface area contributed by atoms with Gasteiger partial charge in [-0.25, -0.2) is 4.98 Å². The maximum Gasteiger partial charge on any atom is 0.304 e. The summed E-state index contributed by atoms with van der Waals surface area (Å²) in [4.78, 5) is 19.8. The Morgan fingerprint density at radius 3 is 2.88 bits per heavy atom. The molecule has 0 aliphatic heterocycles. The van der Waals surface area contributed by atoms with Gasteiger partial charge in [0.2, 0.25) is 11.7 Å². The summed E-state index contributed by atoms with van der Waals surface area (Å²) in [5.74, 6) is 1.16. The fourth-order valence-electron chi connectivity index (χ4n) is 3.73. The van der Waals surface area contributed by atoms with Gasteiger partial charge in [-0.05, 0) is 12.3 Å². The molecular weight excluding hydrogens is 320 g/mol. The third-order valence-corrected chi connectivity index (χ3v) is 5.12. The van der Waals surface area contributed by atoms with Crippen LogP contribution < -0.4 is 0 Å². The molecule has 2 heterocycles. The second-order valence-corrected chi connectivity index (χ2v) is 7.05. The molecule has 1 N–H and O–H groups in total. The lowest BCUT2D eigenvalue weighted by Gasteiger charge is -2.21. The summed E-state index contributed by atoms with van der Waals surface area (Å²) in [5, 5.41) is 13.2. The lowest BCUT2D eigenvalue weighted by molar-refractivity contribution is -0.137. The normalized spacial score (nSPS) is 16.8. The van der Waals surface area contributed by atoms with Gasteiger partial charge in [-0.1, -0.05) is 50.1 Å². The summed E-state index contributed by atoms with van der Waals surface area (Å²) in [6.45, 7) is 0. The van der Waals surface area contributed by atoms with Gasteiger partial charge in [-0.3, -0.25) is 4.79 Å². The minimum absolute atomic E-state index is 0.0207. The molecule has 0 radical (unpaired) electrons. The van der Waals surface area contributed by atoms with Crippen LogP contribution in [0, 0.1) is 5.92 Å².